The predicted octanol–water partition coefficient (Wildman–Crippen LogP) is -1.17. The molecule has 0 rings (SSSR count). The summed E-state index contributed by atoms with van der Waals surface area (Å²) < 4.78 is 25.7. The molecule has 0 saturated carbocycles. The summed E-state index contributed by atoms with van der Waals surface area (Å²) in [5.41, 5.74) is 5.00. The van der Waals surface area contributed by atoms with E-state index in [1.165, 1.54) is 6.08 Å². The van der Waals surface area contributed by atoms with Gasteiger partial charge in [0.25, 0.3) is 10.1 Å². The molecule has 0 aromatic rings. The van der Waals surface area contributed by atoms with Crippen LogP contribution >= 0.6 is 0 Å². The molecule has 0 saturated heterocycles. The third kappa shape index (κ3) is 8.52. The van der Waals surface area contributed by atoms with Gasteiger partial charge in [-0.25, -0.2) is 0 Å². The van der Waals surface area contributed by atoms with E-state index in [9.17, 15) is 8.42 Å². The maximum absolute atomic E-state index is 10.6. The Morgan fingerprint density at radius 3 is 2.45 bits per heavy atom. The first-order valence-corrected chi connectivity index (χ1v) is 4.38. The first-order valence-electron chi connectivity index (χ1n) is 2.80. The molecule has 0 aliphatic carbocycles. The standard InChI is InChI=1S/C5H11NO3S.Na.H/c1-2-4-9-10(7,8)5-3-6;;/h2H,1,3-6H2;;. The Kier molecular flexibility index (Phi) is 9.35. The van der Waals surface area contributed by atoms with Gasteiger partial charge in [-0.3, -0.25) is 4.18 Å². The average molecular weight is 189 g/mol. The van der Waals surface area contributed by atoms with Crippen LogP contribution < -0.4 is 5.73 Å². The topological polar surface area (TPSA) is 69.4 Å². The van der Waals surface area contributed by atoms with Gasteiger partial charge in [0.1, 0.15) is 0 Å². The van der Waals surface area contributed by atoms with Crippen molar-refractivity contribution in [2.75, 3.05) is 18.9 Å². The van der Waals surface area contributed by atoms with E-state index < -0.39 is 10.1 Å². The van der Waals surface area contributed by atoms with Crippen molar-refractivity contribution >= 4 is 39.7 Å². The van der Waals surface area contributed by atoms with Crippen molar-refractivity contribution in [2.24, 2.45) is 5.73 Å². The molecule has 0 fully saturated rings. The molecule has 0 aromatic carbocycles. The summed E-state index contributed by atoms with van der Waals surface area (Å²) in [7, 11) is -3.39. The van der Waals surface area contributed by atoms with E-state index in [0.29, 0.717) is 0 Å². The molecular weight excluding hydrogens is 177 g/mol. The van der Waals surface area contributed by atoms with E-state index in [1.807, 2.05) is 0 Å². The summed E-state index contributed by atoms with van der Waals surface area (Å²) in [6.07, 6.45) is 1.37. The van der Waals surface area contributed by atoms with Gasteiger partial charge in [-0.2, -0.15) is 8.42 Å². The van der Waals surface area contributed by atoms with Gasteiger partial charge in [-0.1, -0.05) is 6.08 Å². The Balaban J connectivity index is 0. The summed E-state index contributed by atoms with van der Waals surface area (Å²) >= 11 is 0. The SMILES string of the molecule is C=CCOS(=O)(=O)CCN.[NaH]. The van der Waals surface area contributed by atoms with Crippen molar-refractivity contribution in [3.8, 4) is 0 Å². The van der Waals surface area contributed by atoms with Crippen molar-refractivity contribution in [3.05, 3.63) is 12.7 Å². The van der Waals surface area contributed by atoms with Gasteiger partial charge in [0.05, 0.1) is 12.4 Å². The first kappa shape index (κ1) is 14.2. The molecule has 0 bridgehead atoms. The van der Waals surface area contributed by atoms with Gasteiger partial charge in [-0.15, -0.1) is 6.58 Å². The van der Waals surface area contributed by atoms with E-state index in [0.717, 1.165) is 0 Å². The maximum atomic E-state index is 10.6. The second kappa shape index (κ2) is 7.27. The fraction of sp³-hybridized carbons (Fsp3) is 0.600. The Labute approximate surface area is 89.2 Å². The molecule has 0 atom stereocenters. The molecule has 0 aliphatic heterocycles. The Bertz CT molecular complexity index is 190. The van der Waals surface area contributed by atoms with Crippen LogP contribution in [0.2, 0.25) is 0 Å². The summed E-state index contributed by atoms with van der Waals surface area (Å²) in [6.45, 7) is 3.40. The van der Waals surface area contributed by atoms with Crippen LogP contribution in [0.1, 0.15) is 0 Å². The molecule has 0 unspecified atom stereocenters. The van der Waals surface area contributed by atoms with E-state index in [2.05, 4.69) is 10.8 Å². The molecule has 62 valence electrons. The van der Waals surface area contributed by atoms with E-state index in [-0.39, 0.29) is 48.5 Å². The number of hydrogen-bond acceptors (Lipinski definition) is 4. The molecule has 0 heterocycles. The van der Waals surface area contributed by atoms with Crippen molar-refractivity contribution in [1.29, 1.82) is 0 Å². The van der Waals surface area contributed by atoms with Crippen LogP contribution in [0, 0.1) is 0 Å². The Morgan fingerprint density at radius 2 is 2.09 bits per heavy atom. The van der Waals surface area contributed by atoms with Crippen LogP contribution in [0.25, 0.3) is 0 Å². The van der Waals surface area contributed by atoms with Crippen molar-refractivity contribution in [1.82, 2.24) is 0 Å². The fourth-order valence-electron chi connectivity index (χ4n) is 0.355. The molecule has 0 spiro atoms. The fourth-order valence-corrected chi connectivity index (χ4v) is 1.07. The zero-order valence-corrected chi connectivity index (χ0v) is 6.43. The molecule has 0 aromatic heterocycles. The van der Waals surface area contributed by atoms with Crippen molar-refractivity contribution in [3.63, 3.8) is 0 Å². The van der Waals surface area contributed by atoms with Crippen LogP contribution in [0.4, 0.5) is 0 Å². The summed E-state index contributed by atoms with van der Waals surface area (Å²) in [6, 6.07) is 0. The number of hydrogen-bond donors (Lipinski definition) is 1. The molecule has 11 heavy (non-hydrogen) atoms. The van der Waals surface area contributed by atoms with Crippen LogP contribution in [0.15, 0.2) is 12.7 Å². The van der Waals surface area contributed by atoms with E-state index in [4.69, 9.17) is 5.73 Å². The minimum atomic E-state index is -3.39. The molecule has 6 heteroatoms. The zero-order chi connectivity index (χ0) is 8.04. The van der Waals surface area contributed by atoms with Gasteiger partial charge >= 0.3 is 29.6 Å². The normalized spacial score (nSPS) is 10.3. The summed E-state index contributed by atoms with van der Waals surface area (Å²) in [4.78, 5) is 0. The van der Waals surface area contributed by atoms with Gasteiger partial charge in [0.15, 0.2) is 0 Å². The molecule has 2 N–H and O–H groups in total. The first-order chi connectivity index (χ1) is 4.62. The van der Waals surface area contributed by atoms with Gasteiger partial charge in [0.2, 0.25) is 0 Å². The average Bonchev–Trinajstić information content (AvgIpc) is 1.84. The third-order valence-electron chi connectivity index (χ3n) is 0.733. The summed E-state index contributed by atoms with van der Waals surface area (Å²) in [5, 5.41) is 0. The molecule has 0 amide bonds. The molecular formula is C5H12NNaO3S. The van der Waals surface area contributed by atoms with E-state index in [1.54, 1.807) is 0 Å². The quantitative estimate of drug-likeness (QED) is 0.336. The minimum absolute atomic E-state index is 0. The van der Waals surface area contributed by atoms with Crippen LogP contribution in [-0.2, 0) is 14.3 Å². The number of nitrogens with two attached hydrogens (primary N) is 1. The number of rotatable bonds is 5. The van der Waals surface area contributed by atoms with Crippen LogP contribution in [-0.4, -0.2) is 56.9 Å². The molecule has 4 nitrogen and oxygen atoms in total. The van der Waals surface area contributed by atoms with Gasteiger partial charge in [-0.05, 0) is 0 Å². The van der Waals surface area contributed by atoms with Crippen LogP contribution in [0.3, 0.4) is 0 Å². The zero-order valence-electron chi connectivity index (χ0n) is 5.62. The predicted molar refractivity (Wildman–Crippen MR) is 46.1 cm³/mol. The van der Waals surface area contributed by atoms with Gasteiger partial charge in [0, 0.05) is 6.54 Å². The Morgan fingerprint density at radius 1 is 1.55 bits per heavy atom. The second-order valence-electron chi connectivity index (χ2n) is 1.62. The Hall–Kier alpha value is 0.610. The van der Waals surface area contributed by atoms with Crippen molar-refractivity contribution in [2.45, 2.75) is 0 Å². The van der Waals surface area contributed by atoms with E-state index >= 15 is 0 Å². The molecule has 0 radical (unpaired) electrons. The van der Waals surface area contributed by atoms with Crippen LogP contribution in [0.5, 0.6) is 0 Å². The van der Waals surface area contributed by atoms with Gasteiger partial charge < -0.3 is 5.73 Å². The van der Waals surface area contributed by atoms with Crippen molar-refractivity contribution < 1.29 is 12.6 Å². The monoisotopic (exact) mass is 189 g/mol. The molecule has 0 aliphatic rings. The summed E-state index contributed by atoms with van der Waals surface area (Å²) in [5.74, 6) is -0.138. The third-order valence-corrected chi connectivity index (χ3v) is 1.96. The second-order valence-corrected chi connectivity index (χ2v) is 3.38.